The van der Waals surface area contributed by atoms with Crippen LogP contribution < -0.4 is 10.2 Å². The van der Waals surface area contributed by atoms with Crippen LogP contribution in [0.2, 0.25) is 5.02 Å². The van der Waals surface area contributed by atoms with Gasteiger partial charge in [-0.25, -0.2) is 0 Å². The van der Waals surface area contributed by atoms with Gasteiger partial charge in [0.15, 0.2) is 0 Å². The van der Waals surface area contributed by atoms with E-state index in [2.05, 4.69) is 34.5 Å². The minimum atomic E-state index is 0.0484. The van der Waals surface area contributed by atoms with E-state index in [0.29, 0.717) is 18.0 Å². The van der Waals surface area contributed by atoms with Gasteiger partial charge in [-0.05, 0) is 61.1 Å². The summed E-state index contributed by atoms with van der Waals surface area (Å²) in [6.45, 7) is 3.00. The lowest BCUT2D eigenvalue weighted by Gasteiger charge is -2.28. The summed E-state index contributed by atoms with van der Waals surface area (Å²) >= 11 is 5.86. The lowest BCUT2D eigenvalue weighted by atomic mass is 10.1. The van der Waals surface area contributed by atoms with Crippen molar-refractivity contribution < 1.29 is 4.79 Å². The molecular formula is C21H25ClN2O. The quantitative estimate of drug-likeness (QED) is 0.840. The SMILES string of the molecule is O=C(Cc1ccc(Cl)cc1)NCCc1ccc(N2CCCCC2)cc1. The number of nitrogens with one attached hydrogen (secondary N) is 1. The fraction of sp³-hybridized carbons (Fsp3) is 0.381. The van der Waals surface area contributed by atoms with E-state index in [0.717, 1.165) is 12.0 Å². The lowest BCUT2D eigenvalue weighted by molar-refractivity contribution is -0.120. The smallest absolute Gasteiger partial charge is 0.224 e. The first-order valence-corrected chi connectivity index (χ1v) is 9.43. The van der Waals surface area contributed by atoms with Crippen LogP contribution in [0.15, 0.2) is 48.5 Å². The van der Waals surface area contributed by atoms with E-state index in [1.54, 1.807) is 0 Å². The first kappa shape index (κ1) is 17.8. The van der Waals surface area contributed by atoms with E-state index in [-0.39, 0.29) is 5.91 Å². The highest BCUT2D eigenvalue weighted by Crippen LogP contribution is 2.20. The van der Waals surface area contributed by atoms with E-state index < -0.39 is 0 Å². The van der Waals surface area contributed by atoms with Gasteiger partial charge in [-0.2, -0.15) is 0 Å². The van der Waals surface area contributed by atoms with Crippen LogP contribution in [0.5, 0.6) is 0 Å². The van der Waals surface area contributed by atoms with Crippen molar-refractivity contribution in [2.75, 3.05) is 24.5 Å². The second-order valence-corrected chi connectivity index (χ2v) is 7.05. The Morgan fingerprint density at radius 3 is 2.24 bits per heavy atom. The van der Waals surface area contributed by atoms with Gasteiger partial charge in [0.1, 0.15) is 0 Å². The Labute approximate surface area is 155 Å². The average molecular weight is 357 g/mol. The molecule has 2 aromatic carbocycles. The topological polar surface area (TPSA) is 32.3 Å². The number of piperidine rings is 1. The highest BCUT2D eigenvalue weighted by molar-refractivity contribution is 6.30. The van der Waals surface area contributed by atoms with Crippen LogP contribution in [0.25, 0.3) is 0 Å². The summed E-state index contributed by atoms with van der Waals surface area (Å²) in [6.07, 6.45) is 5.19. The third-order valence-corrected chi connectivity index (χ3v) is 4.92. The third kappa shape index (κ3) is 5.50. The van der Waals surface area contributed by atoms with Crippen molar-refractivity contribution in [3.05, 3.63) is 64.7 Å². The normalized spacial score (nSPS) is 14.4. The average Bonchev–Trinajstić information content (AvgIpc) is 2.65. The predicted octanol–water partition coefficient (Wildman–Crippen LogP) is 4.23. The maximum absolute atomic E-state index is 12.0. The largest absolute Gasteiger partial charge is 0.372 e. The van der Waals surface area contributed by atoms with Crippen LogP contribution in [0.1, 0.15) is 30.4 Å². The van der Waals surface area contributed by atoms with Gasteiger partial charge in [-0.1, -0.05) is 35.9 Å². The Bertz CT molecular complexity index is 676. The lowest BCUT2D eigenvalue weighted by Crippen LogP contribution is -2.29. The molecule has 4 heteroatoms. The zero-order valence-corrected chi connectivity index (χ0v) is 15.3. The maximum atomic E-state index is 12.0. The fourth-order valence-corrected chi connectivity index (χ4v) is 3.35. The first-order chi connectivity index (χ1) is 12.2. The number of carbonyl (C=O) groups is 1. The van der Waals surface area contributed by atoms with Gasteiger partial charge in [0.05, 0.1) is 6.42 Å². The first-order valence-electron chi connectivity index (χ1n) is 9.06. The summed E-state index contributed by atoms with van der Waals surface area (Å²) < 4.78 is 0. The van der Waals surface area contributed by atoms with Crippen molar-refractivity contribution in [1.82, 2.24) is 5.32 Å². The maximum Gasteiger partial charge on any atom is 0.224 e. The van der Waals surface area contributed by atoms with Crippen molar-refractivity contribution in [1.29, 1.82) is 0 Å². The molecule has 1 fully saturated rings. The molecule has 2 aromatic rings. The van der Waals surface area contributed by atoms with Crippen molar-refractivity contribution in [2.24, 2.45) is 0 Å². The van der Waals surface area contributed by atoms with E-state index in [4.69, 9.17) is 11.6 Å². The van der Waals surface area contributed by atoms with Gasteiger partial charge >= 0.3 is 0 Å². The molecule has 1 aliphatic rings. The van der Waals surface area contributed by atoms with Crippen LogP contribution in [0, 0.1) is 0 Å². The zero-order valence-electron chi connectivity index (χ0n) is 14.5. The zero-order chi connectivity index (χ0) is 17.5. The van der Waals surface area contributed by atoms with Gasteiger partial charge in [-0.3, -0.25) is 4.79 Å². The van der Waals surface area contributed by atoms with E-state index in [1.807, 2.05) is 24.3 Å². The third-order valence-electron chi connectivity index (χ3n) is 4.67. The standard InChI is InChI=1S/C21H25ClN2O/c22-19-8-4-18(5-9-19)16-21(25)23-13-12-17-6-10-20(11-7-17)24-14-2-1-3-15-24/h4-11H,1-3,12-16H2,(H,23,25). The van der Waals surface area contributed by atoms with Gasteiger partial charge in [0.2, 0.25) is 5.91 Å². The molecular weight excluding hydrogens is 332 g/mol. The molecule has 0 bridgehead atoms. The molecule has 25 heavy (non-hydrogen) atoms. The summed E-state index contributed by atoms with van der Waals surface area (Å²) in [7, 11) is 0. The van der Waals surface area contributed by atoms with Crippen LogP contribution >= 0.6 is 11.6 Å². The minimum absolute atomic E-state index is 0.0484. The summed E-state index contributed by atoms with van der Waals surface area (Å²) in [4.78, 5) is 14.5. The second-order valence-electron chi connectivity index (χ2n) is 6.62. The van der Waals surface area contributed by atoms with Crippen molar-refractivity contribution in [3.63, 3.8) is 0 Å². The van der Waals surface area contributed by atoms with Crippen LogP contribution in [0.4, 0.5) is 5.69 Å². The van der Waals surface area contributed by atoms with E-state index >= 15 is 0 Å². The van der Waals surface area contributed by atoms with Crippen LogP contribution in [0.3, 0.4) is 0 Å². The molecule has 1 N–H and O–H groups in total. The fourth-order valence-electron chi connectivity index (χ4n) is 3.22. The summed E-state index contributed by atoms with van der Waals surface area (Å²) in [5.74, 6) is 0.0484. The highest BCUT2D eigenvalue weighted by atomic mass is 35.5. The molecule has 1 saturated heterocycles. The number of carbonyl (C=O) groups excluding carboxylic acids is 1. The Morgan fingerprint density at radius 2 is 1.56 bits per heavy atom. The van der Waals surface area contributed by atoms with Crippen LogP contribution in [-0.4, -0.2) is 25.5 Å². The molecule has 0 aliphatic carbocycles. The molecule has 0 saturated carbocycles. The number of hydrogen-bond acceptors (Lipinski definition) is 2. The Balaban J connectivity index is 1.42. The van der Waals surface area contributed by atoms with E-state index in [1.165, 1.54) is 43.6 Å². The molecule has 1 amide bonds. The second kappa shape index (κ2) is 8.91. The molecule has 0 radical (unpaired) electrons. The Kier molecular flexibility index (Phi) is 6.35. The predicted molar refractivity (Wildman–Crippen MR) is 104 cm³/mol. The van der Waals surface area contributed by atoms with Gasteiger partial charge in [-0.15, -0.1) is 0 Å². The highest BCUT2D eigenvalue weighted by Gasteiger charge is 2.10. The van der Waals surface area contributed by atoms with Crippen molar-refractivity contribution in [2.45, 2.75) is 32.1 Å². The molecule has 3 nitrogen and oxygen atoms in total. The number of halogens is 1. The number of nitrogens with zero attached hydrogens (tertiary/aromatic N) is 1. The van der Waals surface area contributed by atoms with Gasteiger partial charge in [0, 0.05) is 30.3 Å². The molecule has 1 heterocycles. The van der Waals surface area contributed by atoms with Crippen molar-refractivity contribution in [3.8, 4) is 0 Å². The number of anilines is 1. The van der Waals surface area contributed by atoms with Crippen molar-refractivity contribution >= 4 is 23.2 Å². The number of hydrogen-bond donors (Lipinski definition) is 1. The van der Waals surface area contributed by atoms with Gasteiger partial charge in [0.25, 0.3) is 0 Å². The number of benzene rings is 2. The summed E-state index contributed by atoms with van der Waals surface area (Å²) in [6, 6.07) is 16.2. The molecule has 1 aliphatic heterocycles. The Hall–Kier alpha value is -2.00. The summed E-state index contributed by atoms with van der Waals surface area (Å²) in [5.41, 5.74) is 3.55. The molecule has 3 rings (SSSR count). The van der Waals surface area contributed by atoms with Crippen LogP contribution in [-0.2, 0) is 17.6 Å². The molecule has 0 unspecified atom stereocenters. The molecule has 0 atom stereocenters. The molecule has 132 valence electrons. The summed E-state index contributed by atoms with van der Waals surface area (Å²) in [5, 5.41) is 3.68. The molecule has 0 aromatic heterocycles. The number of amides is 1. The van der Waals surface area contributed by atoms with Gasteiger partial charge < -0.3 is 10.2 Å². The number of rotatable bonds is 6. The van der Waals surface area contributed by atoms with E-state index in [9.17, 15) is 4.79 Å². The molecule has 0 spiro atoms. The Morgan fingerprint density at radius 1 is 0.920 bits per heavy atom. The monoisotopic (exact) mass is 356 g/mol. The minimum Gasteiger partial charge on any atom is -0.372 e.